The van der Waals surface area contributed by atoms with E-state index in [9.17, 15) is 23.2 Å². The number of hydrogen-bond donors (Lipinski definition) is 1. The number of amides is 2. The molecule has 43 heavy (non-hydrogen) atoms. The van der Waals surface area contributed by atoms with Crippen LogP contribution in [0.15, 0.2) is 54.6 Å². The van der Waals surface area contributed by atoms with Crippen LogP contribution in [-0.2, 0) is 26.3 Å². The van der Waals surface area contributed by atoms with E-state index >= 15 is 0 Å². The fourth-order valence-corrected chi connectivity index (χ4v) is 6.19. The largest absolute Gasteiger partial charge is 0.450 e. The maximum absolute atomic E-state index is 14.6. The molecule has 1 spiro atoms. The molecule has 2 amide bonds. The molecule has 0 aromatic heterocycles. The van der Waals surface area contributed by atoms with Crippen molar-refractivity contribution in [2.45, 2.75) is 64.6 Å². The molecule has 0 aliphatic carbocycles. The number of aryl methyl sites for hydroxylation is 1. The molecule has 0 unspecified atom stereocenters. The molecular formula is C34H36F2N2O5. The van der Waals surface area contributed by atoms with Gasteiger partial charge in [-0.1, -0.05) is 42.5 Å². The Morgan fingerprint density at radius 2 is 1.79 bits per heavy atom. The first kappa shape index (κ1) is 30.2. The maximum Gasteiger partial charge on any atom is 0.410 e. The molecule has 2 atom stereocenters. The standard InChI is InChI=1S/C34H36F2N2O5/c1-20-16-23(25-9-7-6-8-22(25)12-14-37-21(2)39)10-11-24(20)28-19-38(32(41)43-33(3,4)5)15-13-34(28)27-18-30(36)29(35)17-26(27)31(40)42-34/h6-11,16-18,28H,12-15,19H2,1-5H3,(H,37,39)/t28-,34+/m1/s1. The highest BCUT2D eigenvalue weighted by Gasteiger charge is 2.55. The third kappa shape index (κ3) is 5.98. The van der Waals surface area contributed by atoms with E-state index in [0.29, 0.717) is 13.0 Å². The molecule has 0 saturated carbocycles. The molecule has 9 heteroatoms. The van der Waals surface area contributed by atoms with Gasteiger partial charge in [0, 0.05) is 44.5 Å². The maximum atomic E-state index is 14.6. The van der Waals surface area contributed by atoms with Crippen LogP contribution in [0.4, 0.5) is 13.6 Å². The van der Waals surface area contributed by atoms with Crippen LogP contribution in [-0.4, -0.2) is 48.1 Å². The highest BCUT2D eigenvalue weighted by Crippen LogP contribution is 2.52. The van der Waals surface area contributed by atoms with Crippen molar-refractivity contribution in [1.82, 2.24) is 10.2 Å². The van der Waals surface area contributed by atoms with Gasteiger partial charge in [-0.25, -0.2) is 18.4 Å². The smallest absolute Gasteiger partial charge is 0.410 e. The number of esters is 1. The van der Waals surface area contributed by atoms with Gasteiger partial charge in [-0.15, -0.1) is 0 Å². The highest BCUT2D eigenvalue weighted by atomic mass is 19.2. The van der Waals surface area contributed by atoms with Crippen LogP contribution < -0.4 is 5.32 Å². The van der Waals surface area contributed by atoms with Crippen molar-refractivity contribution in [3.05, 3.63) is 94.0 Å². The van der Waals surface area contributed by atoms with E-state index in [4.69, 9.17) is 9.47 Å². The third-order valence-corrected chi connectivity index (χ3v) is 8.12. The molecule has 5 rings (SSSR count). The second kappa shape index (κ2) is 11.4. The summed E-state index contributed by atoms with van der Waals surface area (Å²) in [5.41, 5.74) is 3.05. The number of nitrogens with one attached hydrogen (secondary N) is 1. The van der Waals surface area contributed by atoms with Crippen LogP contribution in [0.3, 0.4) is 0 Å². The summed E-state index contributed by atoms with van der Waals surface area (Å²) in [5, 5.41) is 2.84. The van der Waals surface area contributed by atoms with E-state index in [0.717, 1.165) is 39.9 Å². The number of nitrogens with zero attached hydrogens (tertiary/aromatic N) is 1. The summed E-state index contributed by atoms with van der Waals surface area (Å²) in [4.78, 5) is 39.1. The molecule has 7 nitrogen and oxygen atoms in total. The van der Waals surface area contributed by atoms with Gasteiger partial charge in [-0.3, -0.25) is 4.79 Å². The monoisotopic (exact) mass is 590 g/mol. The molecule has 226 valence electrons. The highest BCUT2D eigenvalue weighted by molar-refractivity contribution is 5.95. The number of hydrogen-bond acceptors (Lipinski definition) is 5. The number of rotatable bonds is 5. The normalized spacial score (nSPS) is 19.7. The molecule has 2 aliphatic rings. The number of carbonyl (C=O) groups excluding carboxylic acids is 3. The predicted octanol–water partition coefficient (Wildman–Crippen LogP) is 6.41. The van der Waals surface area contributed by atoms with E-state index in [1.54, 1.807) is 25.7 Å². The number of fused-ring (bicyclic) bond motifs is 2. The van der Waals surface area contributed by atoms with Crippen LogP contribution in [0, 0.1) is 18.6 Å². The molecule has 0 radical (unpaired) electrons. The average Bonchev–Trinajstić information content (AvgIpc) is 3.19. The number of piperidine rings is 1. The van der Waals surface area contributed by atoms with Gasteiger partial charge in [0.2, 0.25) is 5.91 Å². The van der Waals surface area contributed by atoms with Gasteiger partial charge in [0.05, 0.1) is 5.56 Å². The van der Waals surface area contributed by atoms with Gasteiger partial charge in [-0.05, 0) is 74.1 Å². The van der Waals surface area contributed by atoms with Crippen molar-refractivity contribution >= 4 is 18.0 Å². The summed E-state index contributed by atoms with van der Waals surface area (Å²) in [6.07, 6.45) is 0.347. The van der Waals surface area contributed by atoms with Crippen molar-refractivity contribution in [2.75, 3.05) is 19.6 Å². The fourth-order valence-electron chi connectivity index (χ4n) is 6.19. The van der Waals surface area contributed by atoms with Gasteiger partial charge in [0.1, 0.15) is 11.2 Å². The van der Waals surface area contributed by atoms with E-state index in [2.05, 4.69) is 5.32 Å². The molecule has 3 aromatic rings. The summed E-state index contributed by atoms with van der Waals surface area (Å²) in [6.45, 7) is 9.66. The Hall–Kier alpha value is -4.27. The van der Waals surface area contributed by atoms with Crippen molar-refractivity contribution in [2.24, 2.45) is 0 Å². The van der Waals surface area contributed by atoms with Crippen molar-refractivity contribution in [3.63, 3.8) is 0 Å². The molecule has 1 N–H and O–H groups in total. The quantitative estimate of drug-likeness (QED) is 0.347. The second-order valence-corrected chi connectivity index (χ2v) is 12.3. The second-order valence-electron chi connectivity index (χ2n) is 12.3. The first-order chi connectivity index (χ1) is 20.3. The fraction of sp³-hybridized carbons (Fsp3) is 0.382. The minimum absolute atomic E-state index is 0.00279. The molecule has 2 aliphatic heterocycles. The van der Waals surface area contributed by atoms with Crippen molar-refractivity contribution < 1.29 is 32.6 Å². The first-order valence-corrected chi connectivity index (χ1v) is 14.4. The van der Waals surface area contributed by atoms with Crippen molar-refractivity contribution in [3.8, 4) is 11.1 Å². The average molecular weight is 591 g/mol. The zero-order valence-corrected chi connectivity index (χ0v) is 25.1. The molecule has 1 saturated heterocycles. The lowest BCUT2D eigenvalue weighted by Crippen LogP contribution is -2.51. The number of ether oxygens (including phenoxy) is 2. The summed E-state index contributed by atoms with van der Waals surface area (Å²) >= 11 is 0. The molecule has 1 fully saturated rings. The Morgan fingerprint density at radius 1 is 1.07 bits per heavy atom. The molecular weight excluding hydrogens is 554 g/mol. The van der Waals surface area contributed by atoms with E-state index in [1.807, 2.05) is 49.4 Å². The Kier molecular flexibility index (Phi) is 8.03. The Labute approximate surface area is 250 Å². The third-order valence-electron chi connectivity index (χ3n) is 8.12. The van der Waals surface area contributed by atoms with E-state index in [1.165, 1.54) is 6.92 Å². The van der Waals surface area contributed by atoms with E-state index in [-0.39, 0.29) is 36.5 Å². The van der Waals surface area contributed by atoms with Gasteiger partial charge >= 0.3 is 12.1 Å². The first-order valence-electron chi connectivity index (χ1n) is 14.4. The van der Waals surface area contributed by atoms with Crippen molar-refractivity contribution in [1.29, 1.82) is 0 Å². The predicted molar refractivity (Wildman–Crippen MR) is 158 cm³/mol. The van der Waals surface area contributed by atoms with Crippen LogP contribution in [0.5, 0.6) is 0 Å². The van der Waals surface area contributed by atoms with Gasteiger partial charge in [-0.2, -0.15) is 0 Å². The summed E-state index contributed by atoms with van der Waals surface area (Å²) in [7, 11) is 0. The Morgan fingerprint density at radius 3 is 2.49 bits per heavy atom. The number of halogens is 2. The minimum atomic E-state index is -1.29. The number of likely N-dealkylation sites (tertiary alicyclic amines) is 1. The lowest BCUT2D eigenvalue weighted by Gasteiger charge is -2.45. The number of carbonyl (C=O) groups is 3. The lowest BCUT2D eigenvalue weighted by molar-refractivity contribution is -0.118. The van der Waals surface area contributed by atoms with Crippen LogP contribution in [0.1, 0.15) is 72.6 Å². The molecule has 2 heterocycles. The van der Waals surface area contributed by atoms with Gasteiger partial charge < -0.3 is 19.7 Å². The molecule has 0 bridgehead atoms. The van der Waals surface area contributed by atoms with Crippen LogP contribution in [0.25, 0.3) is 11.1 Å². The SMILES string of the molecule is CC(=O)NCCc1ccccc1-c1ccc([C@H]2CN(C(=O)OC(C)(C)C)CC[C@@]23OC(=O)c2cc(F)c(F)cc23)c(C)c1. The van der Waals surface area contributed by atoms with E-state index < -0.39 is 40.8 Å². The minimum Gasteiger partial charge on any atom is -0.450 e. The lowest BCUT2D eigenvalue weighted by atomic mass is 9.71. The molecule has 3 aromatic carbocycles. The summed E-state index contributed by atoms with van der Waals surface area (Å²) < 4.78 is 40.5. The Balaban J connectivity index is 1.56. The van der Waals surface area contributed by atoms with Crippen LogP contribution in [0.2, 0.25) is 0 Å². The zero-order chi connectivity index (χ0) is 31.1. The topological polar surface area (TPSA) is 84.9 Å². The van der Waals surface area contributed by atoms with Crippen LogP contribution >= 0.6 is 0 Å². The summed E-state index contributed by atoms with van der Waals surface area (Å²) in [5.74, 6) is -3.56. The zero-order valence-electron chi connectivity index (χ0n) is 25.1. The summed E-state index contributed by atoms with van der Waals surface area (Å²) in [6, 6.07) is 15.9. The van der Waals surface area contributed by atoms with Gasteiger partial charge in [0.15, 0.2) is 11.6 Å². The number of benzene rings is 3. The van der Waals surface area contributed by atoms with Gasteiger partial charge in [0.25, 0.3) is 0 Å². The Bertz CT molecular complexity index is 1600.